The predicted octanol–water partition coefficient (Wildman–Crippen LogP) is 3.95. The van der Waals surface area contributed by atoms with Gasteiger partial charge < -0.3 is 14.8 Å². The maximum absolute atomic E-state index is 10.6. The highest BCUT2D eigenvalue weighted by atomic mass is 32.1. The Bertz CT molecular complexity index is 1240. The number of aromatic nitrogens is 4. The Morgan fingerprint density at radius 3 is 2.66 bits per heavy atom. The lowest BCUT2D eigenvalue weighted by Gasteiger charge is -2.34. The van der Waals surface area contributed by atoms with Gasteiger partial charge in [-0.1, -0.05) is 24.3 Å². The molecular formula is C24H25N5O2S. The molecule has 164 valence electrons. The number of benzene rings is 1. The molecule has 0 amide bonds. The minimum Gasteiger partial charge on any atom is -0.383 e. The molecule has 4 aromatic rings. The molecule has 0 radical (unpaired) electrons. The zero-order chi connectivity index (χ0) is 21.5. The van der Waals surface area contributed by atoms with Crippen LogP contribution in [0.3, 0.4) is 0 Å². The van der Waals surface area contributed by atoms with Crippen LogP contribution in [0.1, 0.15) is 29.8 Å². The summed E-state index contributed by atoms with van der Waals surface area (Å²) in [6.45, 7) is 4.56. The van der Waals surface area contributed by atoms with Crippen LogP contribution in [0.2, 0.25) is 0 Å². The Morgan fingerprint density at radius 1 is 1.09 bits per heavy atom. The first kappa shape index (κ1) is 20.0. The van der Waals surface area contributed by atoms with Crippen molar-refractivity contribution >= 4 is 22.4 Å². The van der Waals surface area contributed by atoms with Gasteiger partial charge >= 0.3 is 0 Å². The summed E-state index contributed by atoms with van der Waals surface area (Å²) in [5.41, 5.74) is 4.35. The van der Waals surface area contributed by atoms with E-state index in [1.807, 2.05) is 6.20 Å². The van der Waals surface area contributed by atoms with Crippen LogP contribution in [-0.2, 0) is 16.9 Å². The summed E-state index contributed by atoms with van der Waals surface area (Å²) < 4.78 is 5.44. The van der Waals surface area contributed by atoms with E-state index in [1.54, 1.807) is 6.33 Å². The number of thiazole rings is 1. The van der Waals surface area contributed by atoms with Gasteiger partial charge in [-0.2, -0.15) is 0 Å². The Balaban J connectivity index is 1.27. The Labute approximate surface area is 190 Å². The molecule has 1 saturated carbocycles. The summed E-state index contributed by atoms with van der Waals surface area (Å²) in [6, 6.07) is 10.8. The fourth-order valence-electron chi connectivity index (χ4n) is 4.42. The third-order valence-corrected chi connectivity index (χ3v) is 7.72. The SMILES string of the molecule is OC1(c2ncc(-c3ncnc4[nH]c(-c5ccc(CN6CCOCC6)cc5)cc34)s2)CCC1. The van der Waals surface area contributed by atoms with E-state index >= 15 is 0 Å². The van der Waals surface area contributed by atoms with E-state index in [9.17, 15) is 5.11 Å². The van der Waals surface area contributed by atoms with E-state index in [-0.39, 0.29) is 0 Å². The van der Waals surface area contributed by atoms with Gasteiger partial charge in [0.25, 0.3) is 0 Å². The van der Waals surface area contributed by atoms with Gasteiger partial charge in [-0.3, -0.25) is 4.90 Å². The number of aliphatic hydroxyl groups is 1. The van der Waals surface area contributed by atoms with Crippen LogP contribution in [0.4, 0.5) is 0 Å². The maximum atomic E-state index is 10.6. The molecule has 32 heavy (non-hydrogen) atoms. The summed E-state index contributed by atoms with van der Waals surface area (Å²) in [7, 11) is 0. The first-order chi connectivity index (χ1) is 15.7. The van der Waals surface area contributed by atoms with Crippen molar-refractivity contribution in [1.29, 1.82) is 0 Å². The number of nitrogens with zero attached hydrogens (tertiary/aromatic N) is 4. The minimum absolute atomic E-state index is 0.749. The van der Waals surface area contributed by atoms with Crippen LogP contribution >= 0.6 is 11.3 Å². The molecule has 1 aliphatic carbocycles. The molecule has 7 nitrogen and oxygen atoms in total. The highest BCUT2D eigenvalue weighted by Crippen LogP contribution is 2.44. The average molecular weight is 448 g/mol. The highest BCUT2D eigenvalue weighted by Gasteiger charge is 2.39. The third-order valence-electron chi connectivity index (χ3n) is 6.52. The summed E-state index contributed by atoms with van der Waals surface area (Å²) >= 11 is 1.53. The first-order valence-corrected chi connectivity index (χ1v) is 11.9. The molecule has 8 heteroatoms. The highest BCUT2D eigenvalue weighted by molar-refractivity contribution is 7.15. The third kappa shape index (κ3) is 3.63. The fraction of sp³-hybridized carbons (Fsp3) is 0.375. The summed E-state index contributed by atoms with van der Waals surface area (Å²) in [5, 5.41) is 12.4. The zero-order valence-electron chi connectivity index (χ0n) is 17.8. The van der Waals surface area contributed by atoms with Crippen LogP contribution in [0.5, 0.6) is 0 Å². The Kier molecular flexibility index (Phi) is 5.02. The summed E-state index contributed by atoms with van der Waals surface area (Å²) in [4.78, 5) is 20.3. The number of nitrogens with one attached hydrogen (secondary N) is 1. The Morgan fingerprint density at radius 2 is 1.91 bits per heavy atom. The van der Waals surface area contributed by atoms with Crippen molar-refractivity contribution in [2.45, 2.75) is 31.4 Å². The summed E-state index contributed by atoms with van der Waals surface area (Å²) in [6.07, 6.45) is 6.03. The number of fused-ring (bicyclic) bond motifs is 1. The first-order valence-electron chi connectivity index (χ1n) is 11.1. The molecule has 2 N–H and O–H groups in total. The number of hydrogen-bond acceptors (Lipinski definition) is 7. The standard InChI is InChI=1S/C24H25N5O2S/c30-24(6-1-7-24)23-25-13-20(32-23)21-18-12-19(28-22(18)27-15-26-21)17-4-2-16(3-5-17)14-29-8-10-31-11-9-29/h2-5,12-13,15,30H,1,6-11,14H2,(H,26,27,28). The largest absolute Gasteiger partial charge is 0.383 e. The molecular weight excluding hydrogens is 422 g/mol. The molecule has 0 atom stereocenters. The molecule has 0 spiro atoms. The van der Waals surface area contributed by atoms with E-state index in [1.165, 1.54) is 16.9 Å². The van der Waals surface area contributed by atoms with E-state index in [2.05, 4.69) is 55.2 Å². The van der Waals surface area contributed by atoms with Crippen LogP contribution in [0.15, 0.2) is 42.9 Å². The molecule has 1 aromatic carbocycles. The van der Waals surface area contributed by atoms with Gasteiger partial charge in [-0.05, 0) is 36.5 Å². The van der Waals surface area contributed by atoms with Gasteiger partial charge in [0.2, 0.25) is 0 Å². The van der Waals surface area contributed by atoms with Gasteiger partial charge in [0.05, 0.1) is 23.8 Å². The molecule has 1 saturated heterocycles. The van der Waals surface area contributed by atoms with Crippen LogP contribution < -0.4 is 0 Å². The van der Waals surface area contributed by atoms with Crippen molar-refractivity contribution in [3.05, 3.63) is 53.4 Å². The lowest BCUT2D eigenvalue weighted by Crippen LogP contribution is -2.35. The molecule has 1 aliphatic heterocycles. The van der Waals surface area contributed by atoms with E-state index in [0.717, 1.165) is 90.0 Å². The van der Waals surface area contributed by atoms with Gasteiger partial charge in [-0.15, -0.1) is 11.3 Å². The topological polar surface area (TPSA) is 87.2 Å². The maximum Gasteiger partial charge on any atom is 0.141 e. The lowest BCUT2D eigenvalue weighted by molar-refractivity contribution is -0.0389. The monoisotopic (exact) mass is 447 g/mol. The van der Waals surface area contributed by atoms with E-state index < -0.39 is 5.60 Å². The molecule has 2 fully saturated rings. The molecule has 6 rings (SSSR count). The number of H-pyrrole nitrogens is 1. The second-order valence-corrected chi connectivity index (χ2v) is 9.70. The number of morpholine rings is 1. The second kappa shape index (κ2) is 8.04. The zero-order valence-corrected chi connectivity index (χ0v) is 18.6. The second-order valence-electron chi connectivity index (χ2n) is 8.67. The van der Waals surface area contributed by atoms with Crippen molar-refractivity contribution in [2.75, 3.05) is 26.3 Å². The van der Waals surface area contributed by atoms with E-state index in [0.29, 0.717) is 0 Å². The fourth-order valence-corrected chi connectivity index (χ4v) is 5.50. The van der Waals surface area contributed by atoms with Crippen LogP contribution in [0, 0.1) is 0 Å². The number of rotatable bonds is 5. The van der Waals surface area contributed by atoms with Crippen LogP contribution in [0.25, 0.3) is 32.9 Å². The van der Waals surface area contributed by atoms with Gasteiger partial charge in [-0.25, -0.2) is 15.0 Å². The van der Waals surface area contributed by atoms with Gasteiger partial charge in [0.15, 0.2) is 0 Å². The predicted molar refractivity (Wildman–Crippen MR) is 124 cm³/mol. The van der Waals surface area contributed by atoms with Crippen molar-refractivity contribution in [3.63, 3.8) is 0 Å². The van der Waals surface area contributed by atoms with Crippen LogP contribution in [-0.4, -0.2) is 56.2 Å². The summed E-state index contributed by atoms with van der Waals surface area (Å²) in [5.74, 6) is 0. The average Bonchev–Trinajstić information content (AvgIpc) is 3.46. The van der Waals surface area contributed by atoms with Crippen molar-refractivity contribution < 1.29 is 9.84 Å². The van der Waals surface area contributed by atoms with Gasteiger partial charge in [0, 0.05) is 36.9 Å². The van der Waals surface area contributed by atoms with Gasteiger partial charge in [0.1, 0.15) is 22.6 Å². The normalized spacial score (nSPS) is 18.7. The van der Waals surface area contributed by atoms with Crippen molar-refractivity contribution in [1.82, 2.24) is 24.8 Å². The number of aromatic amines is 1. The molecule has 2 aliphatic rings. The lowest BCUT2D eigenvalue weighted by atomic mass is 9.81. The van der Waals surface area contributed by atoms with E-state index in [4.69, 9.17) is 4.74 Å². The van der Waals surface area contributed by atoms with Crippen molar-refractivity contribution in [2.24, 2.45) is 0 Å². The minimum atomic E-state index is -0.749. The quantitative estimate of drug-likeness (QED) is 0.482. The molecule has 3 aromatic heterocycles. The molecule has 4 heterocycles. The number of ether oxygens (including phenoxy) is 1. The van der Waals surface area contributed by atoms with Crippen molar-refractivity contribution in [3.8, 4) is 21.8 Å². The molecule has 0 bridgehead atoms. The molecule has 0 unspecified atom stereocenters. The Hall–Kier alpha value is -2.65. The number of hydrogen-bond donors (Lipinski definition) is 2. The smallest absolute Gasteiger partial charge is 0.141 e.